The first kappa shape index (κ1) is 19.9. The quantitative estimate of drug-likeness (QED) is 0.522. The molecule has 140 valence electrons. The van der Waals surface area contributed by atoms with Gasteiger partial charge in [-0.3, -0.25) is 10.0 Å². The van der Waals surface area contributed by atoms with Crippen LogP contribution in [0.2, 0.25) is 0 Å². The molecule has 0 aromatic heterocycles. The first-order valence-corrected chi connectivity index (χ1v) is 8.79. The summed E-state index contributed by atoms with van der Waals surface area (Å²) in [5, 5.41) is 8.82. The van der Waals surface area contributed by atoms with Crippen molar-refractivity contribution < 1.29 is 31.6 Å². The number of carbonyl (C=O) groups excluding carboxylic acids is 1. The third kappa shape index (κ3) is 5.04. The lowest BCUT2D eigenvalue weighted by Gasteiger charge is -2.17. The molecule has 0 aliphatic carbocycles. The van der Waals surface area contributed by atoms with Crippen molar-refractivity contribution in [3.8, 4) is 0 Å². The third-order valence-corrected chi connectivity index (χ3v) is 4.99. The number of nitrogens with one attached hydrogen (secondary N) is 2. The van der Waals surface area contributed by atoms with Crippen molar-refractivity contribution in [3.05, 3.63) is 65.7 Å². The van der Waals surface area contributed by atoms with Crippen molar-refractivity contribution in [1.82, 2.24) is 10.2 Å². The molecule has 0 spiro atoms. The van der Waals surface area contributed by atoms with Crippen LogP contribution in [0.25, 0.3) is 0 Å². The number of hydroxylamine groups is 1. The average molecular weight is 388 g/mol. The summed E-state index contributed by atoms with van der Waals surface area (Å²) in [6, 6.07) is 9.92. The second-order valence-corrected chi connectivity index (χ2v) is 7.08. The van der Waals surface area contributed by atoms with E-state index in [2.05, 4.69) is 4.72 Å². The van der Waals surface area contributed by atoms with Crippen molar-refractivity contribution in [3.63, 3.8) is 0 Å². The molecule has 1 atom stereocenters. The first-order valence-electron chi connectivity index (χ1n) is 7.31. The fraction of sp³-hybridized carbons (Fsp3) is 0.188. The Kier molecular flexibility index (Phi) is 6.01. The van der Waals surface area contributed by atoms with E-state index in [1.54, 1.807) is 30.3 Å². The molecule has 0 heterocycles. The highest BCUT2D eigenvalue weighted by molar-refractivity contribution is 7.89. The molecule has 10 heteroatoms. The lowest BCUT2D eigenvalue weighted by Crippen LogP contribution is -2.47. The van der Waals surface area contributed by atoms with Gasteiger partial charge in [-0.15, -0.1) is 0 Å². The Bertz CT molecular complexity index is 853. The van der Waals surface area contributed by atoms with Crippen LogP contribution in [0.4, 0.5) is 13.2 Å². The highest BCUT2D eigenvalue weighted by atomic mass is 32.2. The maximum Gasteiger partial charge on any atom is 0.416 e. The van der Waals surface area contributed by atoms with Crippen molar-refractivity contribution >= 4 is 15.9 Å². The van der Waals surface area contributed by atoms with E-state index in [9.17, 15) is 26.4 Å². The number of sulfonamides is 1. The molecule has 0 radical (unpaired) electrons. The van der Waals surface area contributed by atoms with Crippen molar-refractivity contribution in [2.24, 2.45) is 0 Å². The summed E-state index contributed by atoms with van der Waals surface area (Å²) in [6.07, 6.45) is -4.66. The van der Waals surface area contributed by atoms with Gasteiger partial charge in [-0.05, 0) is 36.2 Å². The van der Waals surface area contributed by atoms with Gasteiger partial charge in [-0.25, -0.2) is 13.9 Å². The van der Waals surface area contributed by atoms with Crippen LogP contribution in [-0.2, 0) is 27.4 Å². The van der Waals surface area contributed by atoms with E-state index in [0.29, 0.717) is 17.7 Å². The van der Waals surface area contributed by atoms with Crippen LogP contribution < -0.4 is 10.2 Å². The predicted molar refractivity (Wildman–Crippen MR) is 85.6 cm³/mol. The van der Waals surface area contributed by atoms with Crippen LogP contribution in [0.5, 0.6) is 0 Å². The average Bonchev–Trinajstić information content (AvgIpc) is 2.60. The standard InChI is InChI=1S/C16H15F3N2O4S/c17-16(18,19)12-6-8-13(9-7-12)26(24,25)21-14(15(22)20-23)10-11-4-2-1-3-5-11/h1-9,14,21,23H,10H2,(H,20,22). The molecule has 0 aliphatic rings. The van der Waals surface area contributed by atoms with E-state index in [1.165, 1.54) is 5.48 Å². The van der Waals surface area contributed by atoms with E-state index in [-0.39, 0.29) is 6.42 Å². The normalized spacial score (nSPS) is 13.2. The summed E-state index contributed by atoms with van der Waals surface area (Å²) in [5.74, 6) is -0.996. The first-order chi connectivity index (χ1) is 12.1. The molecule has 1 unspecified atom stereocenters. The Morgan fingerprint density at radius 2 is 1.62 bits per heavy atom. The van der Waals surface area contributed by atoms with E-state index in [0.717, 1.165) is 12.1 Å². The van der Waals surface area contributed by atoms with Gasteiger partial charge in [-0.1, -0.05) is 30.3 Å². The van der Waals surface area contributed by atoms with Gasteiger partial charge in [0.2, 0.25) is 10.0 Å². The lowest BCUT2D eigenvalue weighted by atomic mass is 10.1. The minimum Gasteiger partial charge on any atom is -0.289 e. The van der Waals surface area contributed by atoms with Crippen LogP contribution in [0.15, 0.2) is 59.5 Å². The number of carbonyl (C=O) groups is 1. The van der Waals surface area contributed by atoms with Crippen LogP contribution >= 0.6 is 0 Å². The van der Waals surface area contributed by atoms with Crippen LogP contribution in [-0.4, -0.2) is 25.6 Å². The second-order valence-electron chi connectivity index (χ2n) is 5.36. The monoisotopic (exact) mass is 388 g/mol. The van der Waals surface area contributed by atoms with Crippen molar-refractivity contribution in [1.29, 1.82) is 0 Å². The van der Waals surface area contributed by atoms with Gasteiger partial charge < -0.3 is 0 Å². The van der Waals surface area contributed by atoms with Gasteiger partial charge >= 0.3 is 6.18 Å². The van der Waals surface area contributed by atoms with Crippen LogP contribution in [0, 0.1) is 0 Å². The molecule has 3 N–H and O–H groups in total. The molecule has 1 amide bonds. The van der Waals surface area contributed by atoms with E-state index < -0.39 is 38.6 Å². The maximum absolute atomic E-state index is 12.6. The van der Waals surface area contributed by atoms with E-state index >= 15 is 0 Å². The number of hydrogen-bond donors (Lipinski definition) is 3. The zero-order chi connectivity index (χ0) is 19.4. The van der Waals surface area contributed by atoms with E-state index in [1.807, 2.05) is 0 Å². The molecule has 0 fully saturated rings. The molecule has 0 saturated heterocycles. The largest absolute Gasteiger partial charge is 0.416 e. The second kappa shape index (κ2) is 7.85. The third-order valence-electron chi connectivity index (χ3n) is 3.50. The Labute approximate surface area is 147 Å². The van der Waals surface area contributed by atoms with E-state index in [4.69, 9.17) is 5.21 Å². The fourth-order valence-corrected chi connectivity index (χ4v) is 3.39. The molecule has 2 rings (SSSR count). The molecule has 2 aromatic carbocycles. The number of rotatable bonds is 6. The zero-order valence-electron chi connectivity index (χ0n) is 13.2. The predicted octanol–water partition coefficient (Wildman–Crippen LogP) is 2.10. The summed E-state index contributed by atoms with van der Waals surface area (Å²) in [6.45, 7) is 0. The topological polar surface area (TPSA) is 95.5 Å². The number of alkyl halides is 3. The van der Waals surface area contributed by atoms with Gasteiger partial charge in [0.05, 0.1) is 10.5 Å². The summed E-state index contributed by atoms with van der Waals surface area (Å²) < 4.78 is 64.5. The summed E-state index contributed by atoms with van der Waals surface area (Å²) in [4.78, 5) is 11.3. The van der Waals surface area contributed by atoms with Crippen molar-refractivity contribution in [2.45, 2.75) is 23.5 Å². The highest BCUT2D eigenvalue weighted by Gasteiger charge is 2.31. The van der Waals surface area contributed by atoms with Gasteiger partial charge in [0.15, 0.2) is 0 Å². The Hall–Kier alpha value is -2.43. The van der Waals surface area contributed by atoms with Crippen LogP contribution in [0.1, 0.15) is 11.1 Å². The molecule has 0 aliphatic heterocycles. The van der Waals surface area contributed by atoms with Gasteiger partial charge in [0, 0.05) is 0 Å². The lowest BCUT2D eigenvalue weighted by molar-refractivity contribution is -0.137. The number of amides is 1. The minimum absolute atomic E-state index is 0.0624. The number of benzene rings is 2. The fourth-order valence-electron chi connectivity index (χ4n) is 2.19. The Morgan fingerprint density at radius 1 is 1.04 bits per heavy atom. The molecule has 0 saturated carbocycles. The molecule has 6 nitrogen and oxygen atoms in total. The molecular weight excluding hydrogens is 373 g/mol. The highest BCUT2D eigenvalue weighted by Crippen LogP contribution is 2.29. The SMILES string of the molecule is O=C(NO)C(Cc1ccccc1)NS(=O)(=O)c1ccc(C(F)(F)F)cc1. The summed E-state index contributed by atoms with van der Waals surface area (Å²) >= 11 is 0. The molecule has 26 heavy (non-hydrogen) atoms. The molecular formula is C16H15F3N2O4S. The molecule has 2 aromatic rings. The number of hydrogen-bond acceptors (Lipinski definition) is 4. The summed E-state index contributed by atoms with van der Waals surface area (Å²) in [7, 11) is -4.29. The Balaban J connectivity index is 2.24. The zero-order valence-corrected chi connectivity index (χ0v) is 14.0. The van der Waals surface area contributed by atoms with Crippen LogP contribution in [0.3, 0.4) is 0 Å². The maximum atomic E-state index is 12.6. The smallest absolute Gasteiger partial charge is 0.289 e. The minimum atomic E-state index is -4.59. The molecule has 0 bridgehead atoms. The van der Waals surface area contributed by atoms with Gasteiger partial charge in [-0.2, -0.15) is 17.9 Å². The Morgan fingerprint density at radius 3 is 2.12 bits per heavy atom. The van der Waals surface area contributed by atoms with Gasteiger partial charge in [0.1, 0.15) is 6.04 Å². The van der Waals surface area contributed by atoms with Crippen molar-refractivity contribution in [2.75, 3.05) is 0 Å². The number of halogens is 3. The van der Waals surface area contributed by atoms with Gasteiger partial charge in [0.25, 0.3) is 5.91 Å². The summed E-state index contributed by atoms with van der Waals surface area (Å²) in [5.41, 5.74) is 1.00.